The third kappa shape index (κ3) is 9.07. The highest BCUT2D eigenvalue weighted by Gasteiger charge is 2.42. The lowest BCUT2D eigenvalue weighted by molar-refractivity contribution is -0.184. The largest absolute Gasteiger partial charge is 0.462 e. The second-order valence-electron chi connectivity index (χ2n) is 11.6. The number of methoxy groups -OCH3 is 1. The van der Waals surface area contributed by atoms with E-state index < -0.39 is 0 Å². The van der Waals surface area contributed by atoms with Crippen molar-refractivity contribution in [2.45, 2.75) is 113 Å². The Labute approximate surface area is 213 Å². The molecule has 3 fully saturated rings. The Morgan fingerprint density at radius 1 is 0.771 bits per heavy atom. The van der Waals surface area contributed by atoms with Crippen LogP contribution >= 0.6 is 0 Å². The first-order valence-corrected chi connectivity index (χ1v) is 13.3. The smallest absolute Gasteiger partial charge is 0.311 e. The van der Waals surface area contributed by atoms with Gasteiger partial charge in [-0.1, -0.05) is 62.3 Å². The predicted octanol–water partition coefficient (Wildman–Crippen LogP) is 5.43. The fourth-order valence-electron chi connectivity index (χ4n) is 5.25. The number of hydrogen-bond acceptors (Lipinski definition) is 7. The molecule has 0 N–H and O–H groups in total. The highest BCUT2D eigenvalue weighted by molar-refractivity contribution is 5.74. The maximum Gasteiger partial charge on any atom is 0.311 e. The predicted molar refractivity (Wildman–Crippen MR) is 135 cm³/mol. The van der Waals surface area contributed by atoms with Crippen molar-refractivity contribution in [1.82, 2.24) is 0 Å². The third-order valence-electron chi connectivity index (χ3n) is 7.34. The molecule has 7 heteroatoms. The van der Waals surface area contributed by atoms with Crippen molar-refractivity contribution in [3.63, 3.8) is 0 Å². The summed E-state index contributed by atoms with van der Waals surface area (Å²) in [6.45, 7) is 20.5. The zero-order valence-corrected chi connectivity index (χ0v) is 23.8. The van der Waals surface area contributed by atoms with Gasteiger partial charge >= 0.3 is 17.9 Å². The molecule has 0 aromatic rings. The Bertz CT molecular complexity index is 685. The van der Waals surface area contributed by atoms with Crippen LogP contribution in [0, 0.1) is 41.4 Å². The van der Waals surface area contributed by atoms with E-state index in [9.17, 15) is 14.4 Å². The van der Waals surface area contributed by atoms with E-state index in [2.05, 4.69) is 55.4 Å². The van der Waals surface area contributed by atoms with E-state index >= 15 is 0 Å². The molecule has 3 rings (SSSR count). The second-order valence-corrected chi connectivity index (χ2v) is 11.6. The molecule has 0 unspecified atom stereocenters. The summed E-state index contributed by atoms with van der Waals surface area (Å²) in [6, 6.07) is 0. The van der Waals surface area contributed by atoms with Crippen molar-refractivity contribution in [1.29, 1.82) is 0 Å². The quantitative estimate of drug-likeness (QED) is 0.377. The van der Waals surface area contributed by atoms with Crippen LogP contribution in [0.5, 0.6) is 0 Å². The molecule has 0 amide bonds. The molecule has 3 aliphatic heterocycles. The van der Waals surface area contributed by atoms with Crippen molar-refractivity contribution in [2.75, 3.05) is 7.11 Å². The third-order valence-corrected chi connectivity index (χ3v) is 7.34. The highest BCUT2D eigenvalue weighted by atomic mass is 16.6. The minimum atomic E-state index is -0.148. The van der Waals surface area contributed by atoms with E-state index in [0.29, 0.717) is 30.1 Å². The van der Waals surface area contributed by atoms with Gasteiger partial charge in [0, 0.05) is 19.4 Å². The van der Waals surface area contributed by atoms with Crippen LogP contribution in [0.15, 0.2) is 0 Å². The van der Waals surface area contributed by atoms with Gasteiger partial charge in [-0.2, -0.15) is 0 Å². The van der Waals surface area contributed by atoms with Gasteiger partial charge in [0.25, 0.3) is 0 Å². The molecule has 0 spiro atoms. The van der Waals surface area contributed by atoms with E-state index in [-0.39, 0.29) is 60.1 Å². The normalized spacial score (nSPS) is 35.0. The molecule has 0 aromatic carbocycles. The van der Waals surface area contributed by atoms with Crippen molar-refractivity contribution in [2.24, 2.45) is 41.4 Å². The molecule has 7 nitrogen and oxygen atoms in total. The molecule has 3 heterocycles. The van der Waals surface area contributed by atoms with Gasteiger partial charge in [-0.25, -0.2) is 0 Å². The van der Waals surface area contributed by atoms with Crippen molar-refractivity contribution >= 4 is 17.9 Å². The Morgan fingerprint density at radius 3 is 1.71 bits per heavy atom. The van der Waals surface area contributed by atoms with E-state index in [0.717, 1.165) is 12.8 Å². The van der Waals surface area contributed by atoms with Crippen molar-refractivity contribution < 1.29 is 33.3 Å². The summed E-state index contributed by atoms with van der Waals surface area (Å²) in [4.78, 5) is 33.3. The number of hydrogen-bond donors (Lipinski definition) is 0. The lowest BCUT2D eigenvalue weighted by Gasteiger charge is -2.39. The second kappa shape index (κ2) is 14.2. The van der Waals surface area contributed by atoms with Crippen LogP contribution < -0.4 is 0 Å². The average molecular weight is 499 g/mol. The Balaban J connectivity index is 0.000000269. The van der Waals surface area contributed by atoms with Crippen LogP contribution in [0.3, 0.4) is 0 Å². The lowest BCUT2D eigenvalue weighted by Crippen LogP contribution is -2.49. The SMILES string of the molecule is CC(C)[C@@H]1OC(=O)[C@H](C)C[C@H]1C.CC(C)[C@H]1CCC(=O)O1.CO[C@H]1[C@@H](C)[C@H](C(C)C)OC(=O)[C@@H]1C. The van der Waals surface area contributed by atoms with Gasteiger partial charge in [0.05, 0.1) is 17.9 Å². The first-order chi connectivity index (χ1) is 16.2. The molecule has 3 saturated heterocycles. The molecule has 35 heavy (non-hydrogen) atoms. The summed E-state index contributed by atoms with van der Waals surface area (Å²) >= 11 is 0. The molecule has 0 aromatic heterocycles. The van der Waals surface area contributed by atoms with Gasteiger partial charge in [-0.05, 0) is 43.4 Å². The van der Waals surface area contributed by atoms with Gasteiger partial charge < -0.3 is 18.9 Å². The number of cyclic esters (lactones) is 3. The molecule has 0 saturated carbocycles. The maximum atomic E-state index is 11.5. The zero-order valence-electron chi connectivity index (χ0n) is 23.8. The molecule has 8 atom stereocenters. The van der Waals surface area contributed by atoms with Crippen LogP contribution in [0.1, 0.15) is 88.5 Å². The zero-order chi connectivity index (χ0) is 27.0. The molecular weight excluding hydrogens is 448 g/mol. The highest BCUT2D eigenvalue weighted by Crippen LogP contribution is 2.32. The minimum absolute atomic E-state index is 0.0105. The van der Waals surface area contributed by atoms with Gasteiger partial charge in [0.15, 0.2) is 0 Å². The molecule has 0 bridgehead atoms. The van der Waals surface area contributed by atoms with Gasteiger partial charge in [0.1, 0.15) is 18.3 Å². The Hall–Kier alpha value is -1.63. The lowest BCUT2D eigenvalue weighted by atomic mass is 9.82. The Kier molecular flexibility index (Phi) is 12.7. The summed E-state index contributed by atoms with van der Waals surface area (Å²) in [6.07, 6.45) is 2.81. The van der Waals surface area contributed by atoms with Crippen LogP contribution in [0.25, 0.3) is 0 Å². The first-order valence-electron chi connectivity index (χ1n) is 13.3. The minimum Gasteiger partial charge on any atom is -0.462 e. The number of rotatable bonds is 4. The number of esters is 3. The molecule has 3 aliphatic rings. The van der Waals surface area contributed by atoms with Crippen molar-refractivity contribution in [3.8, 4) is 0 Å². The standard InChI is InChI=1S/C11H20O3.C10H18O2.C7H12O2/c1-6(2)9-7(3)10(13-5)8(4)11(12)14-9;1-6(2)9-7(3)5-8(4)10(11)12-9;1-5(2)6-3-4-7(8)9-6/h6-10H,1-5H3;6-9H,5H2,1-4H3;5-6H,3-4H2,1-2H3/t7-,8+,9-,10-;7-,8-,9+;6-/m011/s1. The van der Waals surface area contributed by atoms with Gasteiger partial charge in [-0.3, -0.25) is 14.4 Å². The summed E-state index contributed by atoms with van der Waals surface area (Å²) in [5.74, 6) is 1.81. The van der Waals surface area contributed by atoms with E-state index in [4.69, 9.17) is 18.9 Å². The van der Waals surface area contributed by atoms with E-state index in [1.165, 1.54) is 0 Å². The average Bonchev–Trinajstić information content (AvgIpc) is 3.21. The monoisotopic (exact) mass is 498 g/mol. The van der Waals surface area contributed by atoms with Gasteiger partial charge in [-0.15, -0.1) is 0 Å². The molecular formula is C28H50O7. The van der Waals surface area contributed by atoms with Crippen LogP contribution in [-0.2, 0) is 33.3 Å². The van der Waals surface area contributed by atoms with E-state index in [1.807, 2.05) is 13.8 Å². The maximum absolute atomic E-state index is 11.5. The van der Waals surface area contributed by atoms with Crippen LogP contribution in [-0.4, -0.2) is 49.4 Å². The topological polar surface area (TPSA) is 88.1 Å². The van der Waals surface area contributed by atoms with Gasteiger partial charge in [0.2, 0.25) is 0 Å². The van der Waals surface area contributed by atoms with Crippen molar-refractivity contribution in [3.05, 3.63) is 0 Å². The Morgan fingerprint density at radius 2 is 1.31 bits per heavy atom. The number of ether oxygens (including phenoxy) is 4. The summed E-state index contributed by atoms with van der Waals surface area (Å²) in [5, 5.41) is 0. The number of carbonyl (C=O) groups excluding carboxylic acids is 3. The van der Waals surface area contributed by atoms with E-state index in [1.54, 1.807) is 7.11 Å². The summed E-state index contributed by atoms with van der Waals surface area (Å²) in [7, 11) is 1.66. The summed E-state index contributed by atoms with van der Waals surface area (Å²) < 4.78 is 21.1. The summed E-state index contributed by atoms with van der Waals surface area (Å²) in [5.41, 5.74) is 0. The first kappa shape index (κ1) is 31.4. The van der Waals surface area contributed by atoms with Crippen LogP contribution in [0.2, 0.25) is 0 Å². The molecule has 0 radical (unpaired) electrons. The fourth-order valence-corrected chi connectivity index (χ4v) is 5.25. The van der Waals surface area contributed by atoms with Crippen LogP contribution in [0.4, 0.5) is 0 Å². The molecule has 204 valence electrons. The number of carbonyl (C=O) groups is 3. The molecule has 0 aliphatic carbocycles. The fraction of sp³-hybridized carbons (Fsp3) is 0.893.